The van der Waals surface area contributed by atoms with Gasteiger partial charge in [-0.05, 0) is 51.5 Å². The third-order valence-corrected chi connectivity index (χ3v) is 5.47. The Hall–Kier alpha value is -3.68. The van der Waals surface area contributed by atoms with Gasteiger partial charge >= 0.3 is 0 Å². The molecule has 154 valence electrons. The highest BCUT2D eigenvalue weighted by atomic mass is 16.5. The number of rotatable bonds is 5. The molecule has 30 heavy (non-hydrogen) atoms. The standard InChI is InChI=1S/C22H24N6O2/c1-14-10-20(17(4)28(14)21-11-15(2)30-25-21)22(29)26(5)16(3)18-6-8-19(9-7-18)27-13-23-12-24-27/h6-13,16H,1-5H3. The van der Waals surface area contributed by atoms with E-state index in [2.05, 4.69) is 15.2 Å². The summed E-state index contributed by atoms with van der Waals surface area (Å²) in [6, 6.07) is 11.6. The third kappa shape index (κ3) is 3.41. The Morgan fingerprint density at radius 3 is 2.47 bits per heavy atom. The quantitative estimate of drug-likeness (QED) is 0.505. The summed E-state index contributed by atoms with van der Waals surface area (Å²) in [4.78, 5) is 19.0. The Kier molecular flexibility index (Phi) is 4.99. The largest absolute Gasteiger partial charge is 0.360 e. The van der Waals surface area contributed by atoms with Gasteiger partial charge in [-0.1, -0.05) is 17.3 Å². The van der Waals surface area contributed by atoms with Gasteiger partial charge in [0.25, 0.3) is 5.91 Å². The molecule has 1 unspecified atom stereocenters. The lowest BCUT2D eigenvalue weighted by Crippen LogP contribution is -2.30. The van der Waals surface area contributed by atoms with E-state index in [0.717, 1.165) is 28.4 Å². The van der Waals surface area contributed by atoms with Crippen molar-refractivity contribution in [2.45, 2.75) is 33.7 Å². The van der Waals surface area contributed by atoms with Gasteiger partial charge < -0.3 is 9.42 Å². The van der Waals surface area contributed by atoms with Crippen molar-refractivity contribution in [3.63, 3.8) is 0 Å². The lowest BCUT2D eigenvalue weighted by Gasteiger charge is -2.25. The maximum Gasteiger partial charge on any atom is 0.255 e. The van der Waals surface area contributed by atoms with Crippen LogP contribution in [0.3, 0.4) is 0 Å². The number of hydrogen-bond donors (Lipinski definition) is 0. The molecule has 0 radical (unpaired) electrons. The summed E-state index contributed by atoms with van der Waals surface area (Å²) in [5, 5.41) is 8.23. The van der Waals surface area contributed by atoms with E-state index in [-0.39, 0.29) is 11.9 Å². The summed E-state index contributed by atoms with van der Waals surface area (Å²) in [5.41, 5.74) is 4.38. The number of hydrogen-bond acceptors (Lipinski definition) is 5. The van der Waals surface area contributed by atoms with Crippen LogP contribution in [0, 0.1) is 20.8 Å². The molecule has 0 aliphatic carbocycles. The Morgan fingerprint density at radius 1 is 1.13 bits per heavy atom. The Morgan fingerprint density at radius 2 is 1.87 bits per heavy atom. The van der Waals surface area contributed by atoms with Gasteiger partial charge in [-0.15, -0.1) is 0 Å². The molecule has 3 heterocycles. The SMILES string of the molecule is Cc1cc(-n2c(C)cc(C(=O)N(C)C(C)c3ccc(-n4cncn4)cc3)c2C)no1. The first-order chi connectivity index (χ1) is 14.4. The summed E-state index contributed by atoms with van der Waals surface area (Å²) in [6.07, 6.45) is 3.15. The fourth-order valence-electron chi connectivity index (χ4n) is 3.63. The maximum absolute atomic E-state index is 13.3. The number of amides is 1. The molecule has 1 amide bonds. The molecule has 0 saturated carbocycles. The van der Waals surface area contributed by atoms with Crippen LogP contribution in [0.25, 0.3) is 11.5 Å². The van der Waals surface area contributed by atoms with Crippen LogP contribution in [0.15, 0.2) is 53.6 Å². The lowest BCUT2D eigenvalue weighted by molar-refractivity contribution is 0.0742. The average Bonchev–Trinajstić information content (AvgIpc) is 3.48. The van der Waals surface area contributed by atoms with Gasteiger partial charge in [-0.2, -0.15) is 5.10 Å². The number of carbonyl (C=O) groups is 1. The van der Waals surface area contributed by atoms with Gasteiger partial charge in [0.1, 0.15) is 18.4 Å². The van der Waals surface area contributed by atoms with Crippen LogP contribution in [0.4, 0.5) is 0 Å². The van der Waals surface area contributed by atoms with E-state index in [0.29, 0.717) is 11.4 Å². The Balaban J connectivity index is 1.57. The third-order valence-electron chi connectivity index (χ3n) is 5.47. The highest BCUT2D eigenvalue weighted by Gasteiger charge is 2.24. The van der Waals surface area contributed by atoms with E-state index < -0.39 is 0 Å². The lowest BCUT2D eigenvalue weighted by atomic mass is 10.1. The molecule has 3 aromatic heterocycles. The molecule has 0 fully saturated rings. The molecule has 0 saturated heterocycles. The zero-order chi connectivity index (χ0) is 21.4. The predicted octanol–water partition coefficient (Wildman–Crippen LogP) is 3.80. The van der Waals surface area contributed by atoms with E-state index in [4.69, 9.17) is 4.52 Å². The van der Waals surface area contributed by atoms with Crippen molar-refractivity contribution < 1.29 is 9.32 Å². The Labute approximate surface area is 174 Å². The summed E-state index contributed by atoms with van der Waals surface area (Å²) in [6.45, 7) is 7.75. The van der Waals surface area contributed by atoms with Crippen molar-refractivity contribution in [3.05, 3.63) is 77.3 Å². The molecular weight excluding hydrogens is 380 g/mol. The van der Waals surface area contributed by atoms with Gasteiger partial charge in [0, 0.05) is 24.5 Å². The summed E-state index contributed by atoms with van der Waals surface area (Å²) < 4.78 is 8.84. The molecule has 1 aromatic carbocycles. The molecule has 8 heteroatoms. The first-order valence-corrected chi connectivity index (χ1v) is 9.71. The molecule has 0 N–H and O–H groups in total. The highest BCUT2D eigenvalue weighted by molar-refractivity contribution is 5.96. The average molecular weight is 404 g/mol. The minimum absolute atomic E-state index is 0.0394. The molecule has 0 aliphatic rings. The van der Waals surface area contributed by atoms with Crippen molar-refractivity contribution in [2.24, 2.45) is 0 Å². The normalized spacial score (nSPS) is 12.2. The van der Waals surface area contributed by atoms with Crippen molar-refractivity contribution in [1.29, 1.82) is 0 Å². The first kappa shape index (κ1) is 19.6. The van der Waals surface area contributed by atoms with Gasteiger partial charge in [0.15, 0.2) is 5.82 Å². The summed E-state index contributed by atoms with van der Waals surface area (Å²) >= 11 is 0. The fraction of sp³-hybridized carbons (Fsp3) is 0.273. The second-order valence-electron chi connectivity index (χ2n) is 7.44. The van der Waals surface area contributed by atoms with E-state index in [1.807, 2.05) is 75.7 Å². The van der Waals surface area contributed by atoms with Crippen molar-refractivity contribution in [3.8, 4) is 11.5 Å². The summed E-state index contributed by atoms with van der Waals surface area (Å²) in [7, 11) is 1.82. The van der Waals surface area contributed by atoms with Crippen molar-refractivity contribution >= 4 is 5.91 Å². The zero-order valence-electron chi connectivity index (χ0n) is 17.7. The van der Waals surface area contributed by atoms with Crippen LogP contribution in [-0.2, 0) is 0 Å². The number of carbonyl (C=O) groups excluding carboxylic acids is 1. The van der Waals surface area contributed by atoms with Crippen molar-refractivity contribution in [2.75, 3.05) is 7.05 Å². The van der Waals surface area contributed by atoms with Crippen LogP contribution >= 0.6 is 0 Å². The van der Waals surface area contributed by atoms with E-state index in [1.54, 1.807) is 15.9 Å². The number of nitrogens with zero attached hydrogens (tertiary/aromatic N) is 6. The summed E-state index contributed by atoms with van der Waals surface area (Å²) in [5.74, 6) is 1.37. The monoisotopic (exact) mass is 404 g/mol. The van der Waals surface area contributed by atoms with E-state index in [1.165, 1.54) is 6.33 Å². The molecular formula is C22H24N6O2. The number of benzene rings is 1. The van der Waals surface area contributed by atoms with E-state index in [9.17, 15) is 4.79 Å². The topological polar surface area (TPSA) is 82.0 Å². The predicted molar refractivity (Wildman–Crippen MR) is 112 cm³/mol. The van der Waals surface area contributed by atoms with E-state index >= 15 is 0 Å². The molecule has 4 aromatic rings. The second-order valence-corrected chi connectivity index (χ2v) is 7.44. The highest BCUT2D eigenvalue weighted by Crippen LogP contribution is 2.26. The molecule has 0 aliphatic heterocycles. The van der Waals surface area contributed by atoms with Crippen LogP contribution in [0.5, 0.6) is 0 Å². The van der Waals surface area contributed by atoms with Gasteiger partial charge in [-0.25, -0.2) is 9.67 Å². The fourth-order valence-corrected chi connectivity index (χ4v) is 3.63. The second kappa shape index (κ2) is 7.62. The smallest absolute Gasteiger partial charge is 0.255 e. The zero-order valence-corrected chi connectivity index (χ0v) is 17.7. The number of aryl methyl sites for hydroxylation is 2. The van der Waals surface area contributed by atoms with Gasteiger partial charge in [0.05, 0.1) is 17.3 Å². The van der Waals surface area contributed by atoms with Crippen LogP contribution < -0.4 is 0 Å². The molecule has 1 atom stereocenters. The van der Waals surface area contributed by atoms with Gasteiger partial charge in [0.2, 0.25) is 0 Å². The van der Waals surface area contributed by atoms with Gasteiger partial charge in [-0.3, -0.25) is 9.36 Å². The van der Waals surface area contributed by atoms with Crippen LogP contribution in [0.1, 0.15) is 46.0 Å². The first-order valence-electron chi connectivity index (χ1n) is 9.71. The minimum atomic E-state index is -0.0975. The molecule has 0 bridgehead atoms. The molecule has 4 rings (SSSR count). The Bertz CT molecular complexity index is 1170. The van der Waals surface area contributed by atoms with Crippen molar-refractivity contribution in [1.82, 2.24) is 29.4 Å². The molecule has 8 nitrogen and oxygen atoms in total. The minimum Gasteiger partial charge on any atom is -0.360 e. The number of aromatic nitrogens is 5. The maximum atomic E-state index is 13.3. The van der Waals surface area contributed by atoms with Crippen LogP contribution in [0.2, 0.25) is 0 Å². The molecule has 0 spiro atoms. The van der Waals surface area contributed by atoms with Crippen LogP contribution in [-0.4, -0.2) is 42.3 Å².